The third kappa shape index (κ3) is 2.94. The van der Waals surface area contributed by atoms with Crippen LogP contribution in [0.4, 0.5) is 17.3 Å². The number of nitrogens with zero attached hydrogens (tertiary/aromatic N) is 5. The lowest BCUT2D eigenvalue weighted by atomic mass is 10.1. The van der Waals surface area contributed by atoms with Crippen LogP contribution in [-0.4, -0.2) is 46.4 Å². The molecule has 0 N–H and O–H groups in total. The molecule has 0 unspecified atom stereocenters. The van der Waals surface area contributed by atoms with E-state index in [9.17, 15) is 14.9 Å². The number of carbonyl (C=O) groups excluding carboxylic acids is 1. The summed E-state index contributed by atoms with van der Waals surface area (Å²) in [5.74, 6) is 0.498. The van der Waals surface area contributed by atoms with Gasteiger partial charge in [0.05, 0.1) is 0 Å². The number of benzene rings is 1. The van der Waals surface area contributed by atoms with Gasteiger partial charge in [-0.3, -0.25) is 9.36 Å². The van der Waals surface area contributed by atoms with E-state index in [-0.39, 0.29) is 11.6 Å². The molecule has 1 fully saturated rings. The van der Waals surface area contributed by atoms with Crippen LogP contribution in [0.5, 0.6) is 0 Å². The minimum Gasteiger partial charge on any atom is -0.368 e. The highest BCUT2D eigenvalue weighted by atomic mass is 16.6. The molecule has 8 heteroatoms. The summed E-state index contributed by atoms with van der Waals surface area (Å²) in [6, 6.07) is 7.55. The Morgan fingerprint density at radius 2 is 1.71 bits per heavy atom. The molecular formula is C16H19N5O3. The molecule has 0 atom stereocenters. The molecule has 3 rings (SSSR count). The number of piperazine rings is 1. The van der Waals surface area contributed by atoms with Gasteiger partial charge in [-0.25, -0.2) is 0 Å². The summed E-state index contributed by atoms with van der Waals surface area (Å²) < 4.78 is 1.69. The van der Waals surface area contributed by atoms with Gasteiger partial charge in [0.15, 0.2) is 5.78 Å². The number of hydrogen-bond donors (Lipinski definition) is 0. The van der Waals surface area contributed by atoms with Crippen molar-refractivity contribution in [2.75, 3.05) is 36.0 Å². The maximum Gasteiger partial charge on any atom is 0.406 e. The van der Waals surface area contributed by atoms with Crippen LogP contribution in [0, 0.1) is 10.1 Å². The van der Waals surface area contributed by atoms with Gasteiger partial charge in [-0.1, -0.05) is 0 Å². The van der Waals surface area contributed by atoms with Gasteiger partial charge in [-0.2, -0.15) is 0 Å². The molecule has 2 aromatic rings. The zero-order valence-corrected chi connectivity index (χ0v) is 13.7. The molecule has 1 aliphatic rings. The average molecular weight is 329 g/mol. The zero-order chi connectivity index (χ0) is 17.3. The fraction of sp³-hybridized carbons (Fsp3) is 0.375. The van der Waals surface area contributed by atoms with E-state index in [0.29, 0.717) is 24.5 Å². The van der Waals surface area contributed by atoms with Crippen molar-refractivity contribution in [1.82, 2.24) is 9.55 Å². The number of aromatic nitrogens is 2. The van der Waals surface area contributed by atoms with E-state index in [1.54, 1.807) is 18.5 Å². The predicted octanol–water partition coefficient (Wildman–Crippen LogP) is 1.86. The largest absolute Gasteiger partial charge is 0.406 e. The van der Waals surface area contributed by atoms with E-state index in [1.807, 2.05) is 29.2 Å². The summed E-state index contributed by atoms with van der Waals surface area (Å²) in [4.78, 5) is 30.1. The normalized spacial score (nSPS) is 14.8. The number of carbonyl (C=O) groups is 1. The molecule has 2 heterocycles. The summed E-state index contributed by atoms with van der Waals surface area (Å²) in [5.41, 5.74) is 1.75. The van der Waals surface area contributed by atoms with Crippen LogP contribution in [-0.2, 0) is 7.05 Å². The lowest BCUT2D eigenvalue weighted by molar-refractivity contribution is -0.388. The highest BCUT2D eigenvalue weighted by molar-refractivity contribution is 5.94. The first-order valence-electron chi connectivity index (χ1n) is 7.74. The van der Waals surface area contributed by atoms with Crippen molar-refractivity contribution < 1.29 is 9.72 Å². The van der Waals surface area contributed by atoms with Crippen LogP contribution in [0.15, 0.2) is 30.6 Å². The standard InChI is InChI=1S/C16H19N5O3/c1-12(22)13-3-5-14(6-4-13)19-7-9-20(10-8-19)16-15(21(23)24)17-11-18(16)2/h3-6,11H,7-10H2,1-2H3. The van der Waals surface area contributed by atoms with Crippen molar-refractivity contribution >= 4 is 23.1 Å². The summed E-state index contributed by atoms with van der Waals surface area (Å²) in [5, 5.41) is 11.1. The molecular weight excluding hydrogens is 310 g/mol. The Morgan fingerprint density at radius 1 is 1.12 bits per heavy atom. The molecule has 1 saturated heterocycles. The van der Waals surface area contributed by atoms with Gasteiger partial charge in [-0.15, -0.1) is 0 Å². The van der Waals surface area contributed by atoms with Gasteiger partial charge in [-0.05, 0) is 41.1 Å². The van der Waals surface area contributed by atoms with Crippen LogP contribution >= 0.6 is 0 Å². The van der Waals surface area contributed by atoms with Gasteiger partial charge in [0.1, 0.15) is 0 Å². The molecule has 1 aliphatic heterocycles. The molecule has 0 spiro atoms. The predicted molar refractivity (Wildman–Crippen MR) is 90.7 cm³/mol. The number of anilines is 2. The highest BCUT2D eigenvalue weighted by Crippen LogP contribution is 2.27. The fourth-order valence-electron chi connectivity index (χ4n) is 2.99. The molecule has 8 nitrogen and oxygen atoms in total. The Balaban J connectivity index is 1.71. The zero-order valence-electron chi connectivity index (χ0n) is 13.7. The van der Waals surface area contributed by atoms with Gasteiger partial charge in [0.25, 0.3) is 0 Å². The van der Waals surface area contributed by atoms with Crippen molar-refractivity contribution in [3.63, 3.8) is 0 Å². The van der Waals surface area contributed by atoms with Crippen molar-refractivity contribution in [2.45, 2.75) is 6.92 Å². The van der Waals surface area contributed by atoms with E-state index in [0.717, 1.165) is 18.8 Å². The molecule has 0 saturated carbocycles. The summed E-state index contributed by atoms with van der Waals surface area (Å²) in [7, 11) is 1.77. The number of ketones is 1. The molecule has 24 heavy (non-hydrogen) atoms. The molecule has 0 aliphatic carbocycles. The lowest BCUT2D eigenvalue weighted by Gasteiger charge is -2.36. The van der Waals surface area contributed by atoms with Crippen LogP contribution in [0.3, 0.4) is 0 Å². The van der Waals surface area contributed by atoms with Crippen LogP contribution in [0.2, 0.25) is 0 Å². The minimum absolute atomic E-state index is 0.0508. The molecule has 0 amide bonds. The first-order chi connectivity index (χ1) is 11.5. The Morgan fingerprint density at radius 3 is 2.25 bits per heavy atom. The second kappa shape index (κ2) is 6.31. The Bertz CT molecular complexity index is 761. The van der Waals surface area contributed by atoms with Gasteiger partial charge >= 0.3 is 5.82 Å². The second-order valence-electron chi connectivity index (χ2n) is 5.84. The van der Waals surface area contributed by atoms with E-state index in [2.05, 4.69) is 9.88 Å². The van der Waals surface area contributed by atoms with Gasteiger partial charge in [0.2, 0.25) is 12.1 Å². The maximum absolute atomic E-state index is 11.3. The third-order valence-corrected chi connectivity index (χ3v) is 4.28. The topological polar surface area (TPSA) is 84.5 Å². The van der Waals surface area contributed by atoms with E-state index >= 15 is 0 Å². The van der Waals surface area contributed by atoms with E-state index in [4.69, 9.17) is 0 Å². The Hall–Kier alpha value is -2.90. The molecule has 1 aromatic carbocycles. The van der Waals surface area contributed by atoms with Crippen LogP contribution < -0.4 is 9.80 Å². The van der Waals surface area contributed by atoms with Crippen LogP contribution in [0.25, 0.3) is 0 Å². The smallest absolute Gasteiger partial charge is 0.368 e. The third-order valence-electron chi connectivity index (χ3n) is 4.28. The monoisotopic (exact) mass is 329 g/mol. The molecule has 0 bridgehead atoms. The minimum atomic E-state index is -0.442. The van der Waals surface area contributed by atoms with Crippen molar-refractivity contribution in [3.8, 4) is 0 Å². The molecule has 126 valence electrons. The SMILES string of the molecule is CC(=O)c1ccc(N2CCN(c3c([N+](=O)[O-])ncn3C)CC2)cc1. The fourth-order valence-corrected chi connectivity index (χ4v) is 2.99. The number of Topliss-reactive ketones (excluding diaryl/α,β-unsaturated/α-hetero) is 1. The number of hydrogen-bond acceptors (Lipinski definition) is 6. The summed E-state index contributed by atoms with van der Waals surface area (Å²) >= 11 is 0. The lowest BCUT2D eigenvalue weighted by Crippen LogP contribution is -2.47. The van der Waals surface area contributed by atoms with Gasteiger partial charge in [0, 0.05) is 44.5 Å². The van der Waals surface area contributed by atoms with E-state index in [1.165, 1.54) is 6.33 Å². The Kier molecular flexibility index (Phi) is 4.20. The highest BCUT2D eigenvalue weighted by Gasteiger charge is 2.28. The number of imidazole rings is 1. The average Bonchev–Trinajstić information content (AvgIpc) is 2.97. The maximum atomic E-state index is 11.3. The number of rotatable bonds is 4. The first kappa shape index (κ1) is 16.0. The van der Waals surface area contributed by atoms with Crippen molar-refractivity contribution in [1.29, 1.82) is 0 Å². The number of aryl methyl sites for hydroxylation is 1. The summed E-state index contributed by atoms with van der Waals surface area (Å²) in [6.07, 6.45) is 1.47. The Labute approximate surface area is 139 Å². The van der Waals surface area contributed by atoms with Crippen molar-refractivity contribution in [2.24, 2.45) is 7.05 Å². The van der Waals surface area contributed by atoms with E-state index < -0.39 is 4.92 Å². The van der Waals surface area contributed by atoms with Gasteiger partial charge < -0.3 is 19.9 Å². The molecule has 0 radical (unpaired) electrons. The molecule has 1 aromatic heterocycles. The second-order valence-corrected chi connectivity index (χ2v) is 5.84. The van der Waals surface area contributed by atoms with Crippen LogP contribution in [0.1, 0.15) is 17.3 Å². The summed E-state index contributed by atoms with van der Waals surface area (Å²) in [6.45, 7) is 4.40. The number of nitro groups is 1. The quantitative estimate of drug-likeness (QED) is 0.483. The first-order valence-corrected chi connectivity index (χ1v) is 7.74. The van der Waals surface area contributed by atoms with Crippen molar-refractivity contribution in [3.05, 3.63) is 46.3 Å².